The third-order valence-corrected chi connectivity index (χ3v) is 6.52. The van der Waals surface area contributed by atoms with Crippen LogP contribution in [0.5, 0.6) is 0 Å². The number of likely N-dealkylation sites (N-methyl/N-ethyl adjacent to an activating group) is 1. The predicted molar refractivity (Wildman–Crippen MR) is 103 cm³/mol. The summed E-state index contributed by atoms with van der Waals surface area (Å²) in [6.45, 7) is 3.61. The molecule has 8 nitrogen and oxygen atoms in total. The number of nitrogens with one attached hydrogen (secondary N) is 1. The molecule has 3 rings (SSSR count). The number of aromatic amines is 1. The van der Waals surface area contributed by atoms with Gasteiger partial charge in [0.15, 0.2) is 15.9 Å². The molecule has 1 aromatic heterocycles. The molecule has 0 bridgehead atoms. The fourth-order valence-corrected chi connectivity index (χ4v) is 5.04. The first-order valence-electron chi connectivity index (χ1n) is 9.13. The zero-order valence-corrected chi connectivity index (χ0v) is 16.6. The zero-order chi connectivity index (χ0) is 20.3. The van der Waals surface area contributed by atoms with Gasteiger partial charge in [0.2, 0.25) is 0 Å². The first-order valence-corrected chi connectivity index (χ1v) is 11.0. The highest BCUT2D eigenvalue weighted by molar-refractivity contribution is 7.91. The van der Waals surface area contributed by atoms with Crippen LogP contribution in [-0.4, -0.2) is 65.6 Å². The summed E-state index contributed by atoms with van der Waals surface area (Å²) in [6, 6.07) is 10.5. The van der Waals surface area contributed by atoms with Crippen molar-refractivity contribution in [3.63, 3.8) is 0 Å². The summed E-state index contributed by atoms with van der Waals surface area (Å²) in [7, 11) is -3.11. The van der Waals surface area contributed by atoms with E-state index in [0.29, 0.717) is 18.7 Å². The highest BCUT2D eigenvalue weighted by atomic mass is 32.2. The van der Waals surface area contributed by atoms with E-state index in [2.05, 4.69) is 10.2 Å². The van der Waals surface area contributed by atoms with Crippen LogP contribution >= 0.6 is 0 Å². The van der Waals surface area contributed by atoms with Crippen molar-refractivity contribution >= 4 is 21.7 Å². The normalized spacial score (nSPS) is 19.1. The molecule has 2 heterocycles. The summed E-state index contributed by atoms with van der Waals surface area (Å²) in [4.78, 5) is 26.6. The lowest BCUT2D eigenvalue weighted by atomic mass is 10.1. The van der Waals surface area contributed by atoms with Gasteiger partial charge in [-0.25, -0.2) is 13.2 Å². The second-order valence-corrected chi connectivity index (χ2v) is 8.99. The number of esters is 1. The number of aromatic nitrogens is 2. The van der Waals surface area contributed by atoms with Gasteiger partial charge in [-0.2, -0.15) is 5.10 Å². The Kier molecular flexibility index (Phi) is 5.83. The van der Waals surface area contributed by atoms with E-state index in [4.69, 9.17) is 4.74 Å². The Balaban J connectivity index is 1.65. The summed E-state index contributed by atoms with van der Waals surface area (Å²) in [6.07, 6.45) is -0.622. The van der Waals surface area contributed by atoms with E-state index in [0.717, 1.165) is 5.56 Å². The van der Waals surface area contributed by atoms with Gasteiger partial charge in [-0.05, 0) is 26.3 Å². The van der Waals surface area contributed by atoms with Gasteiger partial charge in [-0.3, -0.25) is 9.89 Å². The highest BCUT2D eigenvalue weighted by Crippen LogP contribution is 2.20. The van der Waals surface area contributed by atoms with Crippen molar-refractivity contribution in [3.05, 3.63) is 42.1 Å². The fraction of sp³-hybridized carbons (Fsp3) is 0.421. The Bertz CT molecular complexity index is 955. The smallest absolute Gasteiger partial charge is 0.357 e. The molecule has 0 aliphatic carbocycles. The summed E-state index contributed by atoms with van der Waals surface area (Å²) in [5.41, 5.74) is 1.59. The van der Waals surface area contributed by atoms with Crippen molar-refractivity contribution in [2.24, 2.45) is 0 Å². The molecule has 150 valence electrons. The number of ether oxygens (including phenoxy) is 1. The number of nitrogens with zero attached hydrogens (tertiary/aromatic N) is 2. The van der Waals surface area contributed by atoms with Gasteiger partial charge < -0.3 is 9.64 Å². The molecule has 0 radical (unpaired) electrons. The highest BCUT2D eigenvalue weighted by Gasteiger charge is 2.36. The molecule has 1 N–H and O–H groups in total. The van der Waals surface area contributed by atoms with E-state index in [-0.39, 0.29) is 23.2 Å². The lowest BCUT2D eigenvalue weighted by molar-refractivity contribution is -0.141. The van der Waals surface area contributed by atoms with Crippen LogP contribution in [0.1, 0.15) is 30.8 Å². The number of carbonyl (C=O) groups excluding carboxylic acids is 2. The molecule has 0 unspecified atom stereocenters. The van der Waals surface area contributed by atoms with Crippen molar-refractivity contribution in [1.29, 1.82) is 0 Å². The minimum atomic E-state index is -3.11. The second-order valence-electron chi connectivity index (χ2n) is 6.76. The molecule has 2 atom stereocenters. The molecular formula is C19H23N3O5S. The third-order valence-electron chi connectivity index (χ3n) is 4.77. The number of carbonyl (C=O) groups is 2. The first kappa shape index (κ1) is 20.1. The quantitative estimate of drug-likeness (QED) is 0.732. The van der Waals surface area contributed by atoms with Gasteiger partial charge in [0.25, 0.3) is 5.91 Å². The average molecular weight is 405 g/mol. The van der Waals surface area contributed by atoms with Gasteiger partial charge >= 0.3 is 5.97 Å². The Labute approximate surface area is 163 Å². The molecule has 9 heteroatoms. The van der Waals surface area contributed by atoms with Gasteiger partial charge in [-0.15, -0.1) is 0 Å². The molecule has 1 fully saturated rings. The number of H-pyrrole nitrogens is 1. The van der Waals surface area contributed by atoms with Crippen LogP contribution in [0.4, 0.5) is 0 Å². The predicted octanol–water partition coefficient (Wildman–Crippen LogP) is 1.66. The summed E-state index contributed by atoms with van der Waals surface area (Å²) in [5.74, 6) is -1.06. The topological polar surface area (TPSA) is 109 Å². The van der Waals surface area contributed by atoms with Crippen LogP contribution in [0.3, 0.4) is 0 Å². The van der Waals surface area contributed by atoms with E-state index in [9.17, 15) is 18.0 Å². The molecule has 1 aliphatic heterocycles. The first-order chi connectivity index (χ1) is 13.3. The summed E-state index contributed by atoms with van der Waals surface area (Å²) < 4.78 is 28.7. The average Bonchev–Trinajstić information content (AvgIpc) is 3.30. The summed E-state index contributed by atoms with van der Waals surface area (Å²) >= 11 is 0. The van der Waals surface area contributed by atoms with E-state index >= 15 is 0 Å². The van der Waals surface area contributed by atoms with Crippen LogP contribution < -0.4 is 0 Å². The van der Waals surface area contributed by atoms with Gasteiger partial charge in [0, 0.05) is 18.2 Å². The van der Waals surface area contributed by atoms with Crippen LogP contribution in [0.25, 0.3) is 11.3 Å². The number of hydrogen-bond donors (Lipinski definition) is 1. The number of hydrogen-bond acceptors (Lipinski definition) is 6. The molecule has 1 amide bonds. The number of rotatable bonds is 6. The van der Waals surface area contributed by atoms with Gasteiger partial charge in [-0.1, -0.05) is 30.3 Å². The monoisotopic (exact) mass is 405 g/mol. The lowest BCUT2D eigenvalue weighted by Crippen LogP contribution is -2.46. The standard InChI is InChI=1S/C19H23N3O5S/c1-3-22(15-9-10-28(25,26)12-15)18(23)13(2)27-19(24)17-11-16(20-21-17)14-7-5-4-6-8-14/h4-8,11,13,15H,3,9-10,12H2,1-2H3,(H,20,21)/t13-,15-/m0/s1. The van der Waals surface area contributed by atoms with Crippen LogP contribution in [-0.2, 0) is 19.4 Å². The maximum atomic E-state index is 12.7. The lowest BCUT2D eigenvalue weighted by Gasteiger charge is -2.29. The molecule has 1 saturated heterocycles. The Morgan fingerprint density at radius 3 is 2.64 bits per heavy atom. The molecular weight excluding hydrogens is 382 g/mol. The largest absolute Gasteiger partial charge is 0.448 e. The minimum Gasteiger partial charge on any atom is -0.448 e. The van der Waals surface area contributed by atoms with Crippen LogP contribution in [0.15, 0.2) is 36.4 Å². The van der Waals surface area contributed by atoms with E-state index in [1.165, 1.54) is 11.8 Å². The van der Waals surface area contributed by atoms with Crippen molar-refractivity contribution < 1.29 is 22.7 Å². The Morgan fingerprint density at radius 1 is 1.32 bits per heavy atom. The van der Waals surface area contributed by atoms with Gasteiger partial charge in [0.1, 0.15) is 5.69 Å². The van der Waals surface area contributed by atoms with E-state index in [1.807, 2.05) is 30.3 Å². The fourth-order valence-electron chi connectivity index (χ4n) is 3.31. The molecule has 2 aromatic rings. The zero-order valence-electron chi connectivity index (χ0n) is 15.8. The number of sulfone groups is 1. The van der Waals surface area contributed by atoms with Gasteiger partial charge in [0.05, 0.1) is 17.2 Å². The van der Waals surface area contributed by atoms with Crippen LogP contribution in [0.2, 0.25) is 0 Å². The maximum Gasteiger partial charge on any atom is 0.357 e. The maximum absolute atomic E-state index is 12.7. The third kappa shape index (κ3) is 4.41. The molecule has 0 saturated carbocycles. The summed E-state index contributed by atoms with van der Waals surface area (Å²) in [5, 5.41) is 6.73. The van der Waals surface area contributed by atoms with E-state index in [1.54, 1.807) is 13.0 Å². The van der Waals surface area contributed by atoms with Crippen LogP contribution in [0, 0.1) is 0 Å². The minimum absolute atomic E-state index is 0.0474. The van der Waals surface area contributed by atoms with Crippen molar-refractivity contribution in [3.8, 4) is 11.3 Å². The second kappa shape index (κ2) is 8.14. The van der Waals surface area contributed by atoms with Crippen molar-refractivity contribution in [1.82, 2.24) is 15.1 Å². The van der Waals surface area contributed by atoms with Crippen molar-refractivity contribution in [2.45, 2.75) is 32.4 Å². The van der Waals surface area contributed by atoms with E-state index < -0.39 is 27.8 Å². The molecule has 28 heavy (non-hydrogen) atoms. The molecule has 1 aromatic carbocycles. The Morgan fingerprint density at radius 2 is 2.04 bits per heavy atom. The molecule has 0 spiro atoms. The number of benzene rings is 1. The molecule has 1 aliphatic rings. The Hall–Kier alpha value is -2.68. The number of amides is 1. The SMILES string of the molecule is CCN(C(=O)[C@H](C)OC(=O)c1cc(-c2ccccc2)n[nH]1)[C@H]1CCS(=O)(=O)C1. The van der Waals surface area contributed by atoms with Crippen molar-refractivity contribution in [2.75, 3.05) is 18.1 Å².